The molecule has 1 aromatic carbocycles. The van der Waals surface area contributed by atoms with E-state index in [-0.39, 0.29) is 18.4 Å². The number of aromatic nitrogens is 1. The Morgan fingerprint density at radius 2 is 1.97 bits per heavy atom. The van der Waals surface area contributed by atoms with Crippen molar-refractivity contribution in [3.8, 4) is 5.75 Å². The molecular formula is C23H30N4O4. The van der Waals surface area contributed by atoms with Crippen LogP contribution in [0.3, 0.4) is 0 Å². The first-order valence-electron chi connectivity index (χ1n) is 11.1. The third kappa shape index (κ3) is 3.29. The number of nitrogens with zero attached hydrogens (tertiary/aromatic N) is 3. The van der Waals surface area contributed by atoms with E-state index in [2.05, 4.69) is 9.88 Å². The molecule has 1 aromatic heterocycles. The summed E-state index contributed by atoms with van der Waals surface area (Å²) in [5, 5.41) is 1.07. The second kappa shape index (κ2) is 7.84. The van der Waals surface area contributed by atoms with Crippen LogP contribution in [0.1, 0.15) is 24.6 Å². The lowest BCUT2D eigenvalue weighted by molar-refractivity contribution is -0.166. The van der Waals surface area contributed by atoms with Crippen LogP contribution in [0.5, 0.6) is 5.75 Å². The van der Waals surface area contributed by atoms with Gasteiger partial charge in [0, 0.05) is 43.6 Å². The number of hydrogen-bond acceptors (Lipinski definition) is 5. The molecule has 31 heavy (non-hydrogen) atoms. The van der Waals surface area contributed by atoms with E-state index in [0.29, 0.717) is 13.1 Å². The van der Waals surface area contributed by atoms with Crippen molar-refractivity contribution in [1.82, 2.24) is 19.7 Å². The van der Waals surface area contributed by atoms with Crippen molar-refractivity contribution < 1.29 is 19.1 Å². The fourth-order valence-corrected chi connectivity index (χ4v) is 5.33. The molecule has 8 heteroatoms. The van der Waals surface area contributed by atoms with Crippen molar-refractivity contribution in [2.75, 3.05) is 59.6 Å². The van der Waals surface area contributed by atoms with Crippen LogP contribution in [0, 0.1) is 0 Å². The number of fused-ring (bicyclic) bond motifs is 5. The molecule has 4 heterocycles. The number of nitrogens with one attached hydrogen (secondary N) is 1. The van der Waals surface area contributed by atoms with Crippen LogP contribution in [-0.4, -0.2) is 91.1 Å². The number of piperazine rings is 1. The minimum atomic E-state index is -0.992. The maximum absolute atomic E-state index is 13.7. The molecule has 8 nitrogen and oxygen atoms in total. The summed E-state index contributed by atoms with van der Waals surface area (Å²) in [6, 6.07) is 5.91. The van der Waals surface area contributed by atoms with Gasteiger partial charge in [0.1, 0.15) is 5.75 Å². The Hall–Kier alpha value is -2.58. The van der Waals surface area contributed by atoms with Gasteiger partial charge in [0.2, 0.25) is 5.91 Å². The van der Waals surface area contributed by atoms with Crippen LogP contribution in [-0.2, 0) is 26.3 Å². The van der Waals surface area contributed by atoms with Crippen LogP contribution < -0.4 is 4.74 Å². The molecule has 2 fully saturated rings. The first kappa shape index (κ1) is 20.3. The van der Waals surface area contributed by atoms with Gasteiger partial charge >= 0.3 is 0 Å². The number of methoxy groups -OCH3 is 1. The first-order chi connectivity index (χ1) is 15.0. The Kier molecular flexibility index (Phi) is 5.14. The maximum atomic E-state index is 13.7. The number of H-pyrrole nitrogens is 1. The highest BCUT2D eigenvalue weighted by molar-refractivity contribution is 6.00. The smallest absolute Gasteiger partial charge is 0.254 e. The van der Waals surface area contributed by atoms with E-state index in [1.807, 2.05) is 25.1 Å². The maximum Gasteiger partial charge on any atom is 0.254 e. The van der Waals surface area contributed by atoms with Crippen molar-refractivity contribution in [3.63, 3.8) is 0 Å². The predicted octanol–water partition coefficient (Wildman–Crippen LogP) is 1.34. The molecule has 0 aliphatic carbocycles. The Morgan fingerprint density at radius 1 is 1.16 bits per heavy atom. The second-order valence-corrected chi connectivity index (χ2v) is 8.79. The number of amides is 2. The lowest BCUT2D eigenvalue weighted by Gasteiger charge is -2.49. The van der Waals surface area contributed by atoms with Crippen LogP contribution in [0.4, 0.5) is 0 Å². The van der Waals surface area contributed by atoms with Crippen molar-refractivity contribution in [3.05, 3.63) is 29.5 Å². The molecule has 0 saturated carbocycles. The summed E-state index contributed by atoms with van der Waals surface area (Å²) < 4.78 is 10.8. The highest BCUT2D eigenvalue weighted by atomic mass is 16.5. The summed E-state index contributed by atoms with van der Waals surface area (Å²) in [5.41, 5.74) is 1.94. The summed E-state index contributed by atoms with van der Waals surface area (Å²) in [4.78, 5) is 36.1. The summed E-state index contributed by atoms with van der Waals surface area (Å²) >= 11 is 0. The molecule has 0 bridgehead atoms. The minimum absolute atomic E-state index is 0.00792. The van der Waals surface area contributed by atoms with Gasteiger partial charge in [0.25, 0.3) is 5.91 Å². The van der Waals surface area contributed by atoms with E-state index in [9.17, 15) is 9.59 Å². The fraction of sp³-hybridized carbons (Fsp3) is 0.565. The summed E-state index contributed by atoms with van der Waals surface area (Å²) in [7, 11) is 1.65. The predicted molar refractivity (Wildman–Crippen MR) is 116 cm³/mol. The van der Waals surface area contributed by atoms with Gasteiger partial charge in [0.05, 0.1) is 32.6 Å². The molecule has 3 aliphatic rings. The number of carbonyl (C=O) groups excluding carboxylic acids is 2. The van der Waals surface area contributed by atoms with Crippen molar-refractivity contribution >= 4 is 22.7 Å². The number of carbonyl (C=O) groups is 2. The highest BCUT2D eigenvalue weighted by Gasteiger charge is 2.53. The van der Waals surface area contributed by atoms with E-state index in [0.717, 1.165) is 73.6 Å². The molecule has 166 valence electrons. The zero-order valence-corrected chi connectivity index (χ0v) is 18.3. The van der Waals surface area contributed by atoms with E-state index >= 15 is 0 Å². The number of ether oxygens (including phenoxy) is 2. The largest absolute Gasteiger partial charge is 0.497 e. The van der Waals surface area contributed by atoms with E-state index in [1.54, 1.807) is 16.9 Å². The average molecular weight is 427 g/mol. The van der Waals surface area contributed by atoms with Gasteiger partial charge in [-0.15, -0.1) is 0 Å². The normalized spacial score (nSPS) is 24.5. The second-order valence-electron chi connectivity index (χ2n) is 8.79. The number of rotatable bonds is 5. The molecule has 1 N–H and O–H groups in total. The lowest BCUT2D eigenvalue weighted by atomic mass is 9.83. The van der Waals surface area contributed by atoms with Gasteiger partial charge in [-0.2, -0.15) is 0 Å². The number of benzene rings is 1. The van der Waals surface area contributed by atoms with Gasteiger partial charge in [-0.1, -0.05) is 0 Å². The quantitative estimate of drug-likeness (QED) is 0.781. The Labute approximate surface area is 182 Å². The first-order valence-corrected chi connectivity index (χ1v) is 11.1. The molecule has 2 aromatic rings. The lowest BCUT2D eigenvalue weighted by Crippen LogP contribution is -2.67. The molecular weight excluding hydrogens is 396 g/mol. The minimum Gasteiger partial charge on any atom is -0.497 e. The van der Waals surface area contributed by atoms with E-state index in [4.69, 9.17) is 9.47 Å². The molecule has 2 amide bonds. The Balaban J connectivity index is 1.41. The van der Waals surface area contributed by atoms with Gasteiger partial charge in [-0.25, -0.2) is 0 Å². The van der Waals surface area contributed by atoms with E-state index in [1.165, 1.54) is 0 Å². The van der Waals surface area contributed by atoms with E-state index < -0.39 is 5.54 Å². The molecule has 2 saturated heterocycles. The number of hydrogen-bond donors (Lipinski definition) is 1. The summed E-state index contributed by atoms with van der Waals surface area (Å²) in [5.74, 6) is 0.821. The monoisotopic (exact) mass is 426 g/mol. The molecule has 0 spiro atoms. The zero-order chi connectivity index (χ0) is 21.6. The molecule has 0 radical (unpaired) electrons. The third-order valence-corrected chi connectivity index (χ3v) is 7.06. The number of aromatic amines is 1. The number of morpholine rings is 1. The third-order valence-electron chi connectivity index (χ3n) is 7.06. The average Bonchev–Trinajstić information content (AvgIpc) is 3.17. The Bertz CT molecular complexity index is 1010. The zero-order valence-electron chi connectivity index (χ0n) is 18.3. The van der Waals surface area contributed by atoms with Crippen LogP contribution >= 0.6 is 0 Å². The molecule has 5 rings (SSSR count). The summed E-state index contributed by atoms with van der Waals surface area (Å²) in [6.45, 7) is 7.52. The molecule has 1 atom stereocenters. The molecule has 1 unspecified atom stereocenters. The standard InChI is InChI=1S/C23H30N4O4/c1-23-21-17(18-14-16(30-2)4-5-19(18)24-21)6-9-27(23)20(28)15-26(22(23)29)8-3-7-25-10-12-31-13-11-25/h4-5,14,24H,3,6-13,15H2,1-2H3. The van der Waals surface area contributed by atoms with Gasteiger partial charge in [-0.3, -0.25) is 14.5 Å². The highest BCUT2D eigenvalue weighted by Crippen LogP contribution is 2.42. The Morgan fingerprint density at radius 3 is 2.74 bits per heavy atom. The van der Waals surface area contributed by atoms with Crippen LogP contribution in [0.15, 0.2) is 18.2 Å². The van der Waals surface area contributed by atoms with Crippen molar-refractivity contribution in [2.24, 2.45) is 0 Å². The molecule has 3 aliphatic heterocycles. The van der Waals surface area contributed by atoms with Crippen molar-refractivity contribution in [2.45, 2.75) is 25.3 Å². The van der Waals surface area contributed by atoms with Gasteiger partial charge in [0.15, 0.2) is 5.54 Å². The fourth-order valence-electron chi connectivity index (χ4n) is 5.33. The van der Waals surface area contributed by atoms with Crippen LogP contribution in [0.2, 0.25) is 0 Å². The van der Waals surface area contributed by atoms with Gasteiger partial charge < -0.3 is 24.3 Å². The SMILES string of the molecule is COc1ccc2[nH]c3c(c2c1)CCN1C(=O)CN(CCCN2CCOCC2)C(=O)C31C. The summed E-state index contributed by atoms with van der Waals surface area (Å²) in [6.07, 6.45) is 1.58. The van der Waals surface area contributed by atoms with Crippen LogP contribution in [0.25, 0.3) is 10.9 Å². The topological polar surface area (TPSA) is 78.1 Å². The van der Waals surface area contributed by atoms with Crippen molar-refractivity contribution in [1.29, 1.82) is 0 Å². The van der Waals surface area contributed by atoms with Gasteiger partial charge in [-0.05, 0) is 43.5 Å².